The molecule has 0 saturated heterocycles. The van der Waals surface area contributed by atoms with E-state index in [9.17, 15) is 4.39 Å². The van der Waals surface area contributed by atoms with Gasteiger partial charge in [0.05, 0.1) is 0 Å². The first-order valence-corrected chi connectivity index (χ1v) is 1.54. The molecule has 0 aromatic rings. The highest BCUT2D eigenvalue weighted by Crippen LogP contribution is 1.79. The van der Waals surface area contributed by atoms with Crippen LogP contribution in [0.5, 0.6) is 0 Å². The summed E-state index contributed by atoms with van der Waals surface area (Å²) in [4.78, 5) is 0. The summed E-state index contributed by atoms with van der Waals surface area (Å²) < 4.78 is 11.3. The maximum Gasteiger partial charge on any atom is 0.175 e. The molecule has 1 nitrogen and oxygen atoms in total. The standard InChI is InChI=1S/C4H4FO/c1-4(5)2-3-6/h4H,1H3. The van der Waals surface area contributed by atoms with Crippen LogP contribution in [-0.4, -0.2) is 6.17 Å². The second-order valence-electron chi connectivity index (χ2n) is 0.862. The molecule has 0 saturated carbocycles. The fraction of sp³-hybridized carbons (Fsp3) is 0.500. The minimum Gasteiger partial charge on any atom is -0.234 e. The summed E-state index contributed by atoms with van der Waals surface area (Å²) in [7, 11) is 0. The summed E-state index contributed by atoms with van der Waals surface area (Å²) in [6.07, 6.45) is -0.0833. The summed E-state index contributed by atoms with van der Waals surface area (Å²) >= 11 is 0. The van der Waals surface area contributed by atoms with Gasteiger partial charge < -0.3 is 0 Å². The summed E-state index contributed by atoms with van der Waals surface area (Å²) in [5, 5.41) is 9.14. The Labute approximate surface area is 35.8 Å². The topological polar surface area (TPSA) is 19.9 Å². The lowest BCUT2D eigenvalue weighted by Crippen LogP contribution is -1.81. The predicted molar refractivity (Wildman–Crippen MR) is 19.0 cm³/mol. The summed E-state index contributed by atoms with van der Waals surface area (Å²) in [5.41, 5.74) is 0. The van der Waals surface area contributed by atoms with Gasteiger partial charge in [0.1, 0.15) is 0 Å². The van der Waals surface area contributed by atoms with Crippen molar-refractivity contribution in [2.45, 2.75) is 13.1 Å². The normalized spacial score (nSPS) is 11.7. The molecule has 0 N–H and O–H groups in total. The van der Waals surface area contributed by atoms with Gasteiger partial charge in [-0.15, -0.1) is 0 Å². The summed E-state index contributed by atoms with van der Waals surface area (Å²) in [6.45, 7) is 1.21. The number of rotatable bonds is 0. The molecule has 0 aromatic carbocycles. The van der Waals surface area contributed by atoms with E-state index in [1.165, 1.54) is 13.0 Å². The van der Waals surface area contributed by atoms with Crippen molar-refractivity contribution in [3.63, 3.8) is 0 Å². The van der Waals surface area contributed by atoms with E-state index < -0.39 is 6.17 Å². The van der Waals surface area contributed by atoms with E-state index >= 15 is 0 Å². The highest BCUT2D eigenvalue weighted by molar-refractivity contribution is 4.94. The molecule has 2 heteroatoms. The Morgan fingerprint density at radius 1 is 1.83 bits per heavy atom. The van der Waals surface area contributed by atoms with E-state index in [1.54, 1.807) is 5.92 Å². The van der Waals surface area contributed by atoms with Gasteiger partial charge in [0, 0.05) is 0 Å². The lowest BCUT2D eigenvalue weighted by atomic mass is 10.5. The van der Waals surface area contributed by atoms with Crippen LogP contribution in [0.1, 0.15) is 6.92 Å². The first-order chi connectivity index (χ1) is 2.77. The van der Waals surface area contributed by atoms with Gasteiger partial charge in [-0.05, 0) is 12.8 Å². The molecule has 33 valence electrons. The van der Waals surface area contributed by atoms with Crippen LogP contribution in [-0.2, 0) is 5.11 Å². The minimum absolute atomic E-state index is 1.19. The molecule has 0 bridgehead atoms. The zero-order valence-corrected chi connectivity index (χ0v) is 3.36. The quantitative estimate of drug-likeness (QED) is 0.388. The van der Waals surface area contributed by atoms with Crippen molar-refractivity contribution in [1.29, 1.82) is 0 Å². The predicted octanol–water partition coefficient (Wildman–Crippen LogP) is 0.736. The summed E-state index contributed by atoms with van der Waals surface area (Å²) in [6, 6.07) is 0. The van der Waals surface area contributed by atoms with Gasteiger partial charge in [-0.2, -0.15) is 0 Å². The van der Waals surface area contributed by atoms with E-state index in [4.69, 9.17) is 5.11 Å². The number of halogens is 1. The van der Waals surface area contributed by atoms with Gasteiger partial charge in [-0.1, -0.05) is 0 Å². The van der Waals surface area contributed by atoms with E-state index in [1.807, 2.05) is 0 Å². The van der Waals surface area contributed by atoms with E-state index in [0.717, 1.165) is 0 Å². The van der Waals surface area contributed by atoms with Crippen molar-refractivity contribution in [1.82, 2.24) is 0 Å². The third kappa shape index (κ3) is 3.29. The Hall–Kier alpha value is -0.710. The third-order valence-electron chi connectivity index (χ3n) is 0.258. The number of hydrogen-bond acceptors (Lipinski definition) is 0. The lowest BCUT2D eigenvalue weighted by molar-refractivity contribution is 0.383. The van der Waals surface area contributed by atoms with Gasteiger partial charge in [0.2, 0.25) is 0 Å². The SMILES string of the molecule is CC(F)C#C[O]. The van der Waals surface area contributed by atoms with Crippen molar-refractivity contribution in [3.05, 3.63) is 0 Å². The van der Waals surface area contributed by atoms with Crippen LogP contribution in [0.25, 0.3) is 0 Å². The smallest absolute Gasteiger partial charge is 0.175 e. The zero-order chi connectivity index (χ0) is 4.99. The first-order valence-electron chi connectivity index (χ1n) is 1.54. The van der Waals surface area contributed by atoms with Gasteiger partial charge in [0.15, 0.2) is 12.3 Å². The van der Waals surface area contributed by atoms with E-state index in [0.29, 0.717) is 0 Å². The fourth-order valence-corrected chi connectivity index (χ4v) is 0.0812. The molecule has 0 spiro atoms. The Morgan fingerprint density at radius 3 is 2.33 bits per heavy atom. The Morgan fingerprint density at radius 2 is 2.33 bits per heavy atom. The highest BCUT2D eigenvalue weighted by Gasteiger charge is 1.83. The maximum absolute atomic E-state index is 11.3. The molecule has 0 aliphatic carbocycles. The molecular weight excluding hydrogens is 83.0 g/mol. The number of hydrogen-bond donors (Lipinski definition) is 0. The highest BCUT2D eigenvalue weighted by atomic mass is 19.1. The second kappa shape index (κ2) is 2.52. The fourth-order valence-electron chi connectivity index (χ4n) is 0.0812. The molecule has 0 aromatic heterocycles. The van der Waals surface area contributed by atoms with Crippen LogP contribution in [0, 0.1) is 12.0 Å². The molecule has 6 heavy (non-hydrogen) atoms. The first kappa shape index (κ1) is 5.29. The average molecular weight is 87.1 g/mol. The number of alkyl halides is 1. The molecule has 0 amide bonds. The summed E-state index contributed by atoms with van der Waals surface area (Å²) in [5.74, 6) is 1.74. The largest absolute Gasteiger partial charge is 0.234 e. The molecular formula is C4H4FO. The van der Waals surface area contributed by atoms with Gasteiger partial charge in [-0.25, -0.2) is 9.50 Å². The molecule has 0 aliphatic heterocycles. The minimum atomic E-state index is -1.28. The third-order valence-corrected chi connectivity index (χ3v) is 0.258. The van der Waals surface area contributed by atoms with Crippen molar-refractivity contribution < 1.29 is 9.50 Å². The second-order valence-corrected chi connectivity index (χ2v) is 0.862. The van der Waals surface area contributed by atoms with Crippen molar-refractivity contribution in [2.75, 3.05) is 0 Å². The van der Waals surface area contributed by atoms with Crippen LogP contribution in [0.3, 0.4) is 0 Å². The molecule has 1 atom stereocenters. The molecule has 0 fully saturated rings. The molecule has 0 aliphatic rings. The van der Waals surface area contributed by atoms with Crippen LogP contribution in [0.15, 0.2) is 0 Å². The lowest BCUT2D eigenvalue weighted by Gasteiger charge is -1.75. The molecule has 1 radical (unpaired) electrons. The van der Waals surface area contributed by atoms with Crippen LogP contribution < -0.4 is 0 Å². The molecule has 0 heterocycles. The van der Waals surface area contributed by atoms with E-state index in [-0.39, 0.29) is 0 Å². The Kier molecular flexibility index (Phi) is 2.22. The average Bonchev–Trinajstić information content (AvgIpc) is 1.35. The maximum atomic E-state index is 11.3. The Bertz CT molecular complexity index is 77.3. The monoisotopic (exact) mass is 87.0 g/mol. The van der Waals surface area contributed by atoms with Crippen molar-refractivity contribution in [3.8, 4) is 12.0 Å². The van der Waals surface area contributed by atoms with Crippen LogP contribution in [0.4, 0.5) is 4.39 Å². The van der Waals surface area contributed by atoms with E-state index in [2.05, 4.69) is 0 Å². The van der Waals surface area contributed by atoms with Gasteiger partial charge in [-0.3, -0.25) is 0 Å². The van der Waals surface area contributed by atoms with Crippen molar-refractivity contribution in [2.24, 2.45) is 0 Å². The Balaban J connectivity index is 3.20. The zero-order valence-electron chi connectivity index (χ0n) is 3.36. The van der Waals surface area contributed by atoms with Gasteiger partial charge in [0.25, 0.3) is 0 Å². The van der Waals surface area contributed by atoms with Gasteiger partial charge >= 0.3 is 0 Å². The molecule has 1 unspecified atom stereocenters. The molecule has 0 rings (SSSR count). The van der Waals surface area contributed by atoms with Crippen molar-refractivity contribution >= 4 is 0 Å². The van der Waals surface area contributed by atoms with Crippen LogP contribution in [0.2, 0.25) is 0 Å². The van der Waals surface area contributed by atoms with Crippen LogP contribution >= 0.6 is 0 Å².